The third-order valence-electron chi connectivity index (χ3n) is 5.03. The van der Waals surface area contributed by atoms with Crippen molar-refractivity contribution in [3.8, 4) is 0 Å². The zero-order chi connectivity index (χ0) is 18.0. The molecule has 0 fully saturated rings. The minimum Gasteiger partial charge on any atom is -0.0772 e. The van der Waals surface area contributed by atoms with Gasteiger partial charge in [-0.25, -0.2) is 0 Å². The van der Waals surface area contributed by atoms with Gasteiger partial charge < -0.3 is 0 Å². The SMILES string of the molecule is CCCC1=CCC(C(c2cc(C)cc(C)c2)c2cc(C)cc(C)c2)=C1. The van der Waals surface area contributed by atoms with E-state index in [2.05, 4.69) is 83.2 Å². The van der Waals surface area contributed by atoms with Crippen LogP contribution in [0.5, 0.6) is 0 Å². The Morgan fingerprint density at radius 2 is 1.24 bits per heavy atom. The van der Waals surface area contributed by atoms with Gasteiger partial charge in [0.1, 0.15) is 0 Å². The van der Waals surface area contributed by atoms with E-state index >= 15 is 0 Å². The van der Waals surface area contributed by atoms with Crippen molar-refractivity contribution in [1.29, 1.82) is 0 Å². The van der Waals surface area contributed by atoms with Crippen LogP contribution in [0.25, 0.3) is 0 Å². The second-order valence-corrected chi connectivity index (χ2v) is 7.73. The number of hydrogen-bond donors (Lipinski definition) is 0. The molecule has 2 aromatic rings. The molecule has 25 heavy (non-hydrogen) atoms. The maximum Gasteiger partial charge on any atom is 0.0305 e. The normalized spacial score (nSPS) is 14.0. The molecule has 0 N–H and O–H groups in total. The van der Waals surface area contributed by atoms with Crippen LogP contribution in [0, 0.1) is 27.7 Å². The van der Waals surface area contributed by atoms with Gasteiger partial charge in [0.05, 0.1) is 0 Å². The summed E-state index contributed by atoms with van der Waals surface area (Å²) in [6, 6.07) is 14.0. The van der Waals surface area contributed by atoms with Crippen LogP contribution in [0.15, 0.2) is 59.7 Å². The summed E-state index contributed by atoms with van der Waals surface area (Å²) >= 11 is 0. The van der Waals surface area contributed by atoms with E-state index in [4.69, 9.17) is 0 Å². The summed E-state index contributed by atoms with van der Waals surface area (Å²) in [5, 5.41) is 0. The van der Waals surface area contributed by atoms with Gasteiger partial charge in [0.15, 0.2) is 0 Å². The van der Waals surface area contributed by atoms with Crippen LogP contribution in [-0.4, -0.2) is 0 Å². The first-order chi connectivity index (χ1) is 12.0. The average molecular weight is 331 g/mol. The molecule has 0 aliphatic heterocycles. The van der Waals surface area contributed by atoms with Crippen LogP contribution < -0.4 is 0 Å². The monoisotopic (exact) mass is 330 g/mol. The van der Waals surface area contributed by atoms with Crippen LogP contribution in [0.4, 0.5) is 0 Å². The number of allylic oxidation sites excluding steroid dienone is 4. The highest BCUT2D eigenvalue weighted by Gasteiger charge is 2.22. The first-order valence-corrected chi connectivity index (χ1v) is 9.52. The van der Waals surface area contributed by atoms with Crippen molar-refractivity contribution in [3.63, 3.8) is 0 Å². The maximum absolute atomic E-state index is 2.46. The van der Waals surface area contributed by atoms with Gasteiger partial charge in [0.2, 0.25) is 0 Å². The van der Waals surface area contributed by atoms with E-state index in [1.54, 1.807) is 5.57 Å². The van der Waals surface area contributed by atoms with Crippen molar-refractivity contribution in [2.24, 2.45) is 0 Å². The summed E-state index contributed by atoms with van der Waals surface area (Å²) in [7, 11) is 0. The van der Waals surface area contributed by atoms with Crippen molar-refractivity contribution < 1.29 is 0 Å². The van der Waals surface area contributed by atoms with Crippen LogP contribution in [-0.2, 0) is 0 Å². The summed E-state index contributed by atoms with van der Waals surface area (Å²) in [5.74, 6) is 0.364. The number of aryl methyl sites for hydroxylation is 4. The zero-order valence-electron chi connectivity index (χ0n) is 16.3. The third kappa shape index (κ3) is 4.12. The minimum absolute atomic E-state index is 0.364. The van der Waals surface area contributed by atoms with Gasteiger partial charge in [-0.1, -0.05) is 95.3 Å². The van der Waals surface area contributed by atoms with Gasteiger partial charge in [-0.05, 0) is 51.7 Å². The topological polar surface area (TPSA) is 0 Å². The van der Waals surface area contributed by atoms with Crippen molar-refractivity contribution in [2.75, 3.05) is 0 Å². The molecule has 0 aromatic heterocycles. The number of benzene rings is 2. The molecular weight excluding hydrogens is 300 g/mol. The lowest BCUT2D eigenvalue weighted by molar-refractivity contribution is 0.909. The van der Waals surface area contributed by atoms with Gasteiger partial charge in [0.25, 0.3) is 0 Å². The molecule has 0 amide bonds. The molecule has 0 heteroatoms. The molecule has 1 aliphatic rings. The van der Waals surface area contributed by atoms with Gasteiger partial charge >= 0.3 is 0 Å². The van der Waals surface area contributed by atoms with E-state index in [0.29, 0.717) is 5.92 Å². The van der Waals surface area contributed by atoms with E-state index in [0.717, 1.165) is 6.42 Å². The maximum atomic E-state index is 2.46. The largest absolute Gasteiger partial charge is 0.0772 e. The molecule has 0 nitrogen and oxygen atoms in total. The Morgan fingerprint density at radius 3 is 1.68 bits per heavy atom. The van der Waals surface area contributed by atoms with E-state index in [1.165, 1.54) is 51.8 Å². The summed E-state index contributed by atoms with van der Waals surface area (Å²) in [5.41, 5.74) is 11.3. The molecule has 0 atom stereocenters. The molecule has 0 heterocycles. The molecule has 3 rings (SSSR count). The van der Waals surface area contributed by atoms with Crippen molar-refractivity contribution in [2.45, 2.75) is 59.8 Å². The summed E-state index contributed by atoms with van der Waals surface area (Å²) < 4.78 is 0. The molecule has 2 aromatic carbocycles. The zero-order valence-corrected chi connectivity index (χ0v) is 16.3. The quantitative estimate of drug-likeness (QED) is 0.548. The first-order valence-electron chi connectivity index (χ1n) is 9.52. The van der Waals surface area contributed by atoms with Crippen LogP contribution in [0.3, 0.4) is 0 Å². The lowest BCUT2D eigenvalue weighted by atomic mass is 9.82. The van der Waals surface area contributed by atoms with Crippen molar-refractivity contribution in [3.05, 3.63) is 93.1 Å². The van der Waals surface area contributed by atoms with E-state index in [1.807, 2.05) is 0 Å². The van der Waals surface area contributed by atoms with Crippen LogP contribution in [0.2, 0.25) is 0 Å². The fourth-order valence-corrected chi connectivity index (χ4v) is 4.24. The van der Waals surface area contributed by atoms with Crippen molar-refractivity contribution >= 4 is 0 Å². The molecule has 0 saturated heterocycles. The molecule has 0 saturated carbocycles. The average Bonchev–Trinajstić information content (AvgIpc) is 2.94. The summed E-state index contributed by atoms with van der Waals surface area (Å²) in [4.78, 5) is 0. The predicted molar refractivity (Wildman–Crippen MR) is 109 cm³/mol. The van der Waals surface area contributed by atoms with E-state index in [9.17, 15) is 0 Å². The minimum atomic E-state index is 0.364. The second-order valence-electron chi connectivity index (χ2n) is 7.73. The molecule has 130 valence electrons. The molecule has 1 aliphatic carbocycles. The highest BCUT2D eigenvalue weighted by molar-refractivity contribution is 5.50. The molecule has 0 spiro atoms. The Morgan fingerprint density at radius 1 is 0.760 bits per heavy atom. The lowest BCUT2D eigenvalue weighted by Gasteiger charge is -2.22. The Kier molecular flexibility index (Phi) is 5.27. The van der Waals surface area contributed by atoms with Gasteiger partial charge in [-0.2, -0.15) is 0 Å². The van der Waals surface area contributed by atoms with E-state index in [-0.39, 0.29) is 0 Å². The Hall–Kier alpha value is -2.08. The second kappa shape index (κ2) is 7.44. The van der Waals surface area contributed by atoms with Crippen LogP contribution in [0.1, 0.15) is 65.5 Å². The fraction of sp³-hybridized carbons (Fsp3) is 0.360. The molecule has 0 radical (unpaired) electrons. The summed E-state index contributed by atoms with van der Waals surface area (Å²) in [6.07, 6.45) is 8.38. The summed E-state index contributed by atoms with van der Waals surface area (Å²) in [6.45, 7) is 11.1. The Labute approximate surface area is 153 Å². The number of hydrogen-bond acceptors (Lipinski definition) is 0. The molecule has 0 bridgehead atoms. The van der Waals surface area contributed by atoms with Crippen LogP contribution >= 0.6 is 0 Å². The van der Waals surface area contributed by atoms with Gasteiger partial charge in [-0.3, -0.25) is 0 Å². The van der Waals surface area contributed by atoms with Gasteiger partial charge in [-0.15, -0.1) is 0 Å². The first kappa shape index (κ1) is 17.7. The predicted octanol–water partition coefficient (Wildman–Crippen LogP) is 7.11. The van der Waals surface area contributed by atoms with Gasteiger partial charge in [0, 0.05) is 5.92 Å². The Bertz CT molecular complexity index is 741. The smallest absolute Gasteiger partial charge is 0.0305 e. The standard InChI is InChI=1S/C25H30/c1-6-7-21-8-9-22(16-21)25(23-12-17(2)10-18(3)13-23)24-14-19(4)11-20(5)15-24/h8,10-16,25H,6-7,9H2,1-5H3. The fourth-order valence-electron chi connectivity index (χ4n) is 4.24. The third-order valence-corrected chi connectivity index (χ3v) is 5.03. The lowest BCUT2D eigenvalue weighted by Crippen LogP contribution is -2.06. The number of rotatable bonds is 5. The highest BCUT2D eigenvalue weighted by atomic mass is 14.3. The Balaban J connectivity index is 2.10. The highest BCUT2D eigenvalue weighted by Crippen LogP contribution is 2.39. The van der Waals surface area contributed by atoms with E-state index < -0.39 is 0 Å². The molecular formula is C25H30. The van der Waals surface area contributed by atoms with Crippen molar-refractivity contribution in [1.82, 2.24) is 0 Å². The molecule has 0 unspecified atom stereocenters.